The Kier molecular flexibility index (Phi) is 5.79. The van der Waals surface area contributed by atoms with Crippen molar-refractivity contribution in [3.63, 3.8) is 0 Å². The molecule has 4 nitrogen and oxygen atoms in total. The van der Waals surface area contributed by atoms with E-state index in [4.69, 9.17) is 4.74 Å². The molecule has 2 aromatic rings. The standard InChI is InChI=1S/C21H26N2O2/c1-3-4-16-13-22-20(23-14-16)17-7-9-18(10-8-17)21(24)25-19-11-5-15(2)6-12-19/h7-10,13-15,19H,3-6,11-12H2,1-2H3. The largest absolute Gasteiger partial charge is 0.459 e. The van der Waals surface area contributed by atoms with E-state index in [1.807, 2.05) is 24.5 Å². The van der Waals surface area contributed by atoms with Crippen molar-refractivity contribution in [2.75, 3.05) is 0 Å². The van der Waals surface area contributed by atoms with Crippen LogP contribution in [0.15, 0.2) is 36.7 Å². The van der Waals surface area contributed by atoms with Gasteiger partial charge in [0, 0.05) is 18.0 Å². The summed E-state index contributed by atoms with van der Waals surface area (Å²) in [4.78, 5) is 21.1. The molecule has 1 aromatic carbocycles. The van der Waals surface area contributed by atoms with Gasteiger partial charge in [-0.3, -0.25) is 0 Å². The Balaban J connectivity index is 1.62. The zero-order valence-corrected chi connectivity index (χ0v) is 15.1. The summed E-state index contributed by atoms with van der Waals surface area (Å²) in [7, 11) is 0. The predicted octanol–water partition coefficient (Wildman–Crippen LogP) is 4.83. The Hall–Kier alpha value is -2.23. The van der Waals surface area contributed by atoms with Crippen molar-refractivity contribution in [2.24, 2.45) is 5.92 Å². The van der Waals surface area contributed by atoms with Crippen LogP contribution in [0.5, 0.6) is 0 Å². The highest BCUT2D eigenvalue weighted by molar-refractivity contribution is 5.90. The molecular formula is C21H26N2O2. The molecule has 25 heavy (non-hydrogen) atoms. The number of rotatable bonds is 5. The zero-order valence-electron chi connectivity index (χ0n) is 15.1. The highest BCUT2D eigenvalue weighted by Crippen LogP contribution is 2.26. The summed E-state index contributed by atoms with van der Waals surface area (Å²) in [5, 5.41) is 0. The Morgan fingerprint density at radius 2 is 1.72 bits per heavy atom. The molecule has 0 radical (unpaired) electrons. The third-order valence-electron chi connectivity index (χ3n) is 4.86. The summed E-state index contributed by atoms with van der Waals surface area (Å²) < 4.78 is 5.64. The molecule has 0 bridgehead atoms. The highest BCUT2D eigenvalue weighted by atomic mass is 16.5. The van der Waals surface area contributed by atoms with Crippen molar-refractivity contribution < 1.29 is 9.53 Å². The van der Waals surface area contributed by atoms with Crippen LogP contribution in [-0.2, 0) is 11.2 Å². The SMILES string of the molecule is CCCc1cnc(-c2ccc(C(=O)OC3CCC(C)CC3)cc2)nc1. The summed E-state index contributed by atoms with van der Waals surface area (Å²) in [5.41, 5.74) is 2.64. The molecule has 1 heterocycles. The molecule has 132 valence electrons. The number of carbonyl (C=O) groups excluding carboxylic acids is 1. The van der Waals surface area contributed by atoms with Crippen LogP contribution in [0.25, 0.3) is 11.4 Å². The van der Waals surface area contributed by atoms with Gasteiger partial charge in [0.25, 0.3) is 0 Å². The monoisotopic (exact) mass is 338 g/mol. The average Bonchev–Trinajstić information content (AvgIpc) is 2.65. The summed E-state index contributed by atoms with van der Waals surface area (Å²) in [5.74, 6) is 1.20. The van der Waals surface area contributed by atoms with Crippen LogP contribution in [0.3, 0.4) is 0 Å². The van der Waals surface area contributed by atoms with Crippen LogP contribution in [0.2, 0.25) is 0 Å². The number of esters is 1. The number of carbonyl (C=O) groups is 1. The molecule has 0 N–H and O–H groups in total. The van der Waals surface area contributed by atoms with E-state index in [0.29, 0.717) is 11.4 Å². The van der Waals surface area contributed by atoms with E-state index < -0.39 is 0 Å². The predicted molar refractivity (Wildman–Crippen MR) is 98.3 cm³/mol. The maximum absolute atomic E-state index is 12.3. The summed E-state index contributed by atoms with van der Waals surface area (Å²) in [6.07, 6.45) is 10.1. The van der Waals surface area contributed by atoms with E-state index in [1.54, 1.807) is 12.1 Å². The lowest BCUT2D eigenvalue weighted by molar-refractivity contribution is 0.0174. The van der Waals surface area contributed by atoms with Crippen LogP contribution in [0, 0.1) is 5.92 Å². The smallest absolute Gasteiger partial charge is 0.338 e. The third kappa shape index (κ3) is 4.65. The van der Waals surface area contributed by atoms with Gasteiger partial charge >= 0.3 is 5.97 Å². The Labute approximate surface area is 149 Å². The van der Waals surface area contributed by atoms with Gasteiger partial charge in [0.15, 0.2) is 5.82 Å². The molecule has 0 saturated heterocycles. The van der Waals surface area contributed by atoms with Crippen molar-refractivity contribution in [2.45, 2.75) is 58.5 Å². The first-order valence-electron chi connectivity index (χ1n) is 9.28. The van der Waals surface area contributed by atoms with E-state index in [-0.39, 0.29) is 12.1 Å². The lowest BCUT2D eigenvalue weighted by Gasteiger charge is -2.25. The van der Waals surface area contributed by atoms with Crippen LogP contribution >= 0.6 is 0 Å². The van der Waals surface area contributed by atoms with Crippen molar-refractivity contribution in [3.05, 3.63) is 47.8 Å². The number of hydrogen-bond donors (Lipinski definition) is 0. The third-order valence-corrected chi connectivity index (χ3v) is 4.86. The van der Waals surface area contributed by atoms with Crippen molar-refractivity contribution >= 4 is 5.97 Å². The first kappa shape index (κ1) is 17.6. The normalized spacial score (nSPS) is 20.2. The average molecular weight is 338 g/mol. The van der Waals surface area contributed by atoms with Crippen molar-refractivity contribution in [1.29, 1.82) is 0 Å². The fourth-order valence-electron chi connectivity index (χ4n) is 3.24. The minimum absolute atomic E-state index is 0.0674. The van der Waals surface area contributed by atoms with Gasteiger partial charge in [0.1, 0.15) is 6.10 Å². The minimum atomic E-state index is -0.231. The van der Waals surface area contributed by atoms with Gasteiger partial charge in [-0.2, -0.15) is 0 Å². The van der Waals surface area contributed by atoms with Gasteiger partial charge < -0.3 is 4.74 Å². The molecule has 0 amide bonds. The van der Waals surface area contributed by atoms with Gasteiger partial charge in [-0.1, -0.05) is 32.4 Å². The molecule has 0 spiro atoms. The second-order valence-corrected chi connectivity index (χ2v) is 7.03. The van der Waals surface area contributed by atoms with E-state index in [9.17, 15) is 4.79 Å². The number of hydrogen-bond acceptors (Lipinski definition) is 4. The molecule has 1 saturated carbocycles. The maximum Gasteiger partial charge on any atom is 0.338 e. The second-order valence-electron chi connectivity index (χ2n) is 7.03. The zero-order chi connectivity index (χ0) is 17.6. The Morgan fingerprint density at radius 3 is 2.32 bits per heavy atom. The lowest BCUT2D eigenvalue weighted by atomic mass is 9.89. The summed E-state index contributed by atoms with van der Waals surface area (Å²) >= 11 is 0. The fraction of sp³-hybridized carbons (Fsp3) is 0.476. The summed E-state index contributed by atoms with van der Waals surface area (Å²) in [6, 6.07) is 7.36. The molecule has 3 rings (SSSR count). The molecule has 0 aliphatic heterocycles. The van der Waals surface area contributed by atoms with Crippen LogP contribution in [0.1, 0.15) is 61.9 Å². The topological polar surface area (TPSA) is 52.1 Å². The number of ether oxygens (including phenoxy) is 1. The lowest BCUT2D eigenvalue weighted by Crippen LogP contribution is -2.23. The van der Waals surface area contributed by atoms with E-state index in [1.165, 1.54) is 0 Å². The van der Waals surface area contributed by atoms with E-state index in [2.05, 4.69) is 23.8 Å². The van der Waals surface area contributed by atoms with Crippen molar-refractivity contribution in [1.82, 2.24) is 9.97 Å². The molecule has 1 aliphatic carbocycles. The number of nitrogens with zero attached hydrogens (tertiary/aromatic N) is 2. The molecule has 1 fully saturated rings. The van der Waals surface area contributed by atoms with Crippen LogP contribution < -0.4 is 0 Å². The number of aromatic nitrogens is 2. The van der Waals surface area contributed by atoms with Gasteiger partial charge in [0.2, 0.25) is 0 Å². The number of benzene rings is 1. The van der Waals surface area contributed by atoms with Crippen LogP contribution in [-0.4, -0.2) is 22.0 Å². The molecular weight excluding hydrogens is 312 g/mol. The van der Waals surface area contributed by atoms with Gasteiger partial charge in [-0.15, -0.1) is 0 Å². The van der Waals surface area contributed by atoms with Crippen LogP contribution in [0.4, 0.5) is 0 Å². The number of aryl methyl sites for hydroxylation is 1. The van der Waals surface area contributed by atoms with Crippen molar-refractivity contribution in [3.8, 4) is 11.4 Å². The molecule has 4 heteroatoms. The molecule has 0 atom stereocenters. The van der Waals surface area contributed by atoms with Gasteiger partial charge in [-0.05, 0) is 55.7 Å². The minimum Gasteiger partial charge on any atom is -0.459 e. The van der Waals surface area contributed by atoms with Gasteiger partial charge in [-0.25, -0.2) is 14.8 Å². The Bertz CT molecular complexity index is 687. The molecule has 1 aliphatic rings. The summed E-state index contributed by atoms with van der Waals surface area (Å²) in [6.45, 7) is 4.40. The first-order chi connectivity index (χ1) is 12.2. The maximum atomic E-state index is 12.3. The highest BCUT2D eigenvalue weighted by Gasteiger charge is 2.22. The fourth-order valence-corrected chi connectivity index (χ4v) is 3.24. The van der Waals surface area contributed by atoms with Gasteiger partial charge in [0.05, 0.1) is 5.56 Å². The first-order valence-corrected chi connectivity index (χ1v) is 9.28. The van der Waals surface area contributed by atoms with E-state index >= 15 is 0 Å². The molecule has 1 aromatic heterocycles. The molecule has 0 unspecified atom stereocenters. The van der Waals surface area contributed by atoms with E-state index in [0.717, 1.165) is 55.6 Å². The Morgan fingerprint density at radius 1 is 1.08 bits per heavy atom. The second kappa shape index (κ2) is 8.24. The quantitative estimate of drug-likeness (QED) is 0.733.